The molecule has 23 heavy (non-hydrogen) atoms. The van der Waals surface area contributed by atoms with E-state index in [1.807, 2.05) is 45.0 Å². The van der Waals surface area contributed by atoms with Crippen molar-refractivity contribution in [2.75, 3.05) is 40.3 Å². The summed E-state index contributed by atoms with van der Waals surface area (Å²) >= 11 is 0. The molecule has 1 aliphatic heterocycles. The average molecular weight is 322 g/mol. The van der Waals surface area contributed by atoms with Gasteiger partial charge in [0.25, 0.3) is 0 Å². The number of piperidine rings is 1. The summed E-state index contributed by atoms with van der Waals surface area (Å²) in [6.07, 6.45) is 12.5. The van der Waals surface area contributed by atoms with Gasteiger partial charge in [-0.05, 0) is 52.2 Å². The zero-order valence-corrected chi connectivity index (χ0v) is 15.4. The molecule has 0 atom stereocenters. The van der Waals surface area contributed by atoms with Gasteiger partial charge in [0.1, 0.15) is 0 Å². The lowest BCUT2D eigenvalue weighted by Gasteiger charge is -2.24. The van der Waals surface area contributed by atoms with Crippen LogP contribution >= 0.6 is 0 Å². The third kappa shape index (κ3) is 14.1. The first-order valence-electron chi connectivity index (χ1n) is 8.75. The molecular formula is C19H34N2O2. The van der Waals surface area contributed by atoms with Crippen LogP contribution < -0.4 is 0 Å². The van der Waals surface area contributed by atoms with Crippen LogP contribution in [0.3, 0.4) is 0 Å². The summed E-state index contributed by atoms with van der Waals surface area (Å²) < 4.78 is 0. The average Bonchev–Trinajstić information content (AvgIpc) is 2.55. The molecule has 0 aromatic heterocycles. The number of carbonyl (C=O) groups is 2. The van der Waals surface area contributed by atoms with E-state index >= 15 is 0 Å². The van der Waals surface area contributed by atoms with Gasteiger partial charge in [0.15, 0.2) is 11.6 Å². The van der Waals surface area contributed by atoms with Crippen LogP contribution in [0.5, 0.6) is 0 Å². The normalized spacial score (nSPS) is 15.9. The van der Waals surface area contributed by atoms with Gasteiger partial charge in [0.05, 0.1) is 0 Å². The van der Waals surface area contributed by atoms with Crippen LogP contribution in [-0.2, 0) is 9.59 Å². The van der Waals surface area contributed by atoms with Gasteiger partial charge in [-0.3, -0.25) is 14.5 Å². The molecule has 0 radical (unpaired) electrons. The number of hydrogen-bond acceptors (Lipinski definition) is 4. The minimum atomic E-state index is 0.196. The molecule has 0 N–H and O–H groups in total. The third-order valence-electron chi connectivity index (χ3n) is 3.59. The van der Waals surface area contributed by atoms with E-state index in [0.29, 0.717) is 12.8 Å². The van der Waals surface area contributed by atoms with Gasteiger partial charge in [-0.1, -0.05) is 32.4 Å². The first kappa shape index (κ1) is 21.7. The van der Waals surface area contributed by atoms with E-state index in [9.17, 15) is 9.59 Å². The lowest BCUT2D eigenvalue weighted by Crippen LogP contribution is -2.29. The van der Waals surface area contributed by atoms with Crippen molar-refractivity contribution in [1.82, 2.24) is 9.80 Å². The summed E-state index contributed by atoms with van der Waals surface area (Å²) in [6, 6.07) is 0. The Hall–Kier alpha value is -1.26. The molecule has 0 bridgehead atoms. The lowest BCUT2D eigenvalue weighted by atomic mass is 10.1. The van der Waals surface area contributed by atoms with E-state index in [1.165, 1.54) is 32.4 Å². The van der Waals surface area contributed by atoms with E-state index in [2.05, 4.69) is 4.90 Å². The minimum Gasteiger partial charge on any atom is -0.306 e. The van der Waals surface area contributed by atoms with Gasteiger partial charge in [0, 0.05) is 25.9 Å². The van der Waals surface area contributed by atoms with Crippen LogP contribution in [0, 0.1) is 0 Å². The monoisotopic (exact) mass is 322 g/mol. The summed E-state index contributed by atoms with van der Waals surface area (Å²) in [4.78, 5) is 26.1. The molecule has 0 spiro atoms. The highest BCUT2D eigenvalue weighted by atomic mass is 16.1. The molecule has 0 saturated carbocycles. The van der Waals surface area contributed by atoms with Crippen molar-refractivity contribution in [3.8, 4) is 0 Å². The molecular weight excluding hydrogens is 288 g/mol. The second-order valence-electron chi connectivity index (χ2n) is 6.07. The van der Waals surface area contributed by atoms with Gasteiger partial charge in [-0.2, -0.15) is 0 Å². The van der Waals surface area contributed by atoms with Crippen LogP contribution in [0.2, 0.25) is 0 Å². The van der Waals surface area contributed by atoms with E-state index in [0.717, 1.165) is 13.1 Å². The second-order valence-corrected chi connectivity index (χ2v) is 6.07. The quantitative estimate of drug-likeness (QED) is 0.644. The maximum Gasteiger partial charge on any atom is 0.155 e. The number of ketones is 2. The number of nitrogens with zero attached hydrogens (tertiary/aromatic N) is 2. The first-order valence-corrected chi connectivity index (χ1v) is 8.75. The van der Waals surface area contributed by atoms with Crippen LogP contribution in [0.15, 0.2) is 24.3 Å². The van der Waals surface area contributed by atoms with Crippen molar-refractivity contribution < 1.29 is 9.59 Å². The van der Waals surface area contributed by atoms with Crippen molar-refractivity contribution in [2.24, 2.45) is 0 Å². The smallest absolute Gasteiger partial charge is 0.155 e. The molecule has 1 fully saturated rings. The Kier molecular flexibility index (Phi) is 13.6. The number of hydrogen-bond donors (Lipinski definition) is 0. The highest BCUT2D eigenvalue weighted by Crippen LogP contribution is 2.07. The molecule has 0 aromatic carbocycles. The fraction of sp³-hybridized carbons (Fsp3) is 0.684. The molecule has 0 aliphatic carbocycles. The van der Waals surface area contributed by atoms with E-state index in [1.54, 1.807) is 12.2 Å². The van der Waals surface area contributed by atoms with E-state index in [-0.39, 0.29) is 11.6 Å². The zero-order chi connectivity index (χ0) is 17.5. The minimum absolute atomic E-state index is 0.196. The van der Waals surface area contributed by atoms with Gasteiger partial charge >= 0.3 is 0 Å². The summed E-state index contributed by atoms with van der Waals surface area (Å²) in [7, 11) is 3.95. The standard InChI is InChI=1S/C11H19NO.C8H15NO/c1-2-11(13)7-6-10-12-8-4-3-5-9-12;1-4-8(10)6-5-7-9(2)3/h6-7H,2-5,8-10H2,1H3;5-6H,4,7H2,1-3H3/b7-6+;6-5+. The zero-order valence-electron chi connectivity index (χ0n) is 15.4. The second kappa shape index (κ2) is 14.3. The third-order valence-corrected chi connectivity index (χ3v) is 3.59. The summed E-state index contributed by atoms with van der Waals surface area (Å²) in [5, 5.41) is 0. The largest absolute Gasteiger partial charge is 0.306 e. The van der Waals surface area contributed by atoms with Gasteiger partial charge in [-0.15, -0.1) is 0 Å². The Morgan fingerprint density at radius 1 is 0.913 bits per heavy atom. The molecule has 1 heterocycles. The van der Waals surface area contributed by atoms with E-state index in [4.69, 9.17) is 0 Å². The fourth-order valence-electron chi connectivity index (χ4n) is 2.11. The molecule has 0 amide bonds. The summed E-state index contributed by atoms with van der Waals surface area (Å²) in [5.41, 5.74) is 0. The van der Waals surface area contributed by atoms with Crippen molar-refractivity contribution in [3.63, 3.8) is 0 Å². The van der Waals surface area contributed by atoms with Gasteiger partial charge < -0.3 is 4.90 Å². The molecule has 4 nitrogen and oxygen atoms in total. The van der Waals surface area contributed by atoms with Crippen LogP contribution in [0.1, 0.15) is 46.0 Å². The Labute approximate surface area is 142 Å². The Balaban J connectivity index is 0.000000438. The first-order chi connectivity index (χ1) is 11.0. The molecule has 1 rings (SSSR count). The SMILES string of the molecule is CCC(=O)/C=C/CN(C)C.CCC(=O)/C=C/CN1CCCCC1. The van der Waals surface area contributed by atoms with Gasteiger partial charge in [-0.25, -0.2) is 0 Å². The molecule has 1 saturated heterocycles. The van der Waals surface area contributed by atoms with Crippen molar-refractivity contribution in [1.29, 1.82) is 0 Å². The number of rotatable bonds is 8. The molecule has 4 heteroatoms. The molecule has 1 aliphatic rings. The number of carbonyl (C=O) groups excluding carboxylic acids is 2. The highest BCUT2D eigenvalue weighted by Gasteiger charge is 2.07. The number of likely N-dealkylation sites (N-methyl/N-ethyl adjacent to an activating group) is 1. The van der Waals surface area contributed by atoms with Crippen molar-refractivity contribution in [2.45, 2.75) is 46.0 Å². The number of allylic oxidation sites excluding steroid dienone is 2. The van der Waals surface area contributed by atoms with Crippen LogP contribution in [0.4, 0.5) is 0 Å². The fourth-order valence-corrected chi connectivity index (χ4v) is 2.11. The lowest BCUT2D eigenvalue weighted by molar-refractivity contribution is -0.115. The molecule has 0 aromatic rings. The van der Waals surface area contributed by atoms with Crippen LogP contribution in [-0.4, -0.2) is 61.6 Å². The number of likely N-dealkylation sites (tertiary alicyclic amines) is 1. The maximum absolute atomic E-state index is 10.9. The Bertz CT molecular complexity index is 381. The topological polar surface area (TPSA) is 40.6 Å². The summed E-state index contributed by atoms with van der Waals surface area (Å²) in [5.74, 6) is 0.429. The van der Waals surface area contributed by atoms with Gasteiger partial charge in [0.2, 0.25) is 0 Å². The van der Waals surface area contributed by atoms with Crippen molar-refractivity contribution >= 4 is 11.6 Å². The molecule has 0 unspecified atom stereocenters. The Morgan fingerprint density at radius 3 is 1.91 bits per heavy atom. The van der Waals surface area contributed by atoms with Crippen molar-refractivity contribution in [3.05, 3.63) is 24.3 Å². The molecule has 132 valence electrons. The van der Waals surface area contributed by atoms with E-state index < -0.39 is 0 Å². The predicted molar refractivity (Wildman–Crippen MR) is 97.7 cm³/mol. The Morgan fingerprint density at radius 2 is 1.43 bits per heavy atom. The predicted octanol–water partition coefficient (Wildman–Crippen LogP) is 3.09. The highest BCUT2D eigenvalue weighted by molar-refractivity contribution is 5.89. The maximum atomic E-state index is 10.9. The summed E-state index contributed by atoms with van der Waals surface area (Å²) in [6.45, 7) is 7.95. The van der Waals surface area contributed by atoms with Crippen LogP contribution in [0.25, 0.3) is 0 Å².